The average Bonchev–Trinajstić information content (AvgIpc) is 2.54. The van der Waals surface area contributed by atoms with Crippen LogP contribution in [0, 0.1) is 11.8 Å². The normalized spacial score (nSPS) is 20.6. The highest BCUT2D eigenvalue weighted by atomic mass is 16.3. The Labute approximate surface area is 129 Å². The second-order valence-corrected chi connectivity index (χ2v) is 6.85. The van der Waals surface area contributed by atoms with E-state index in [0.29, 0.717) is 0 Å². The first-order chi connectivity index (χ1) is 10.0. The molecule has 0 spiro atoms. The molecule has 3 heteroatoms. The second kappa shape index (κ2) is 7.39. The van der Waals surface area contributed by atoms with Crippen LogP contribution in [0.5, 0.6) is 0 Å². The zero-order chi connectivity index (χ0) is 15.3. The summed E-state index contributed by atoms with van der Waals surface area (Å²) in [7, 11) is 0. The van der Waals surface area contributed by atoms with Crippen LogP contribution in [0.3, 0.4) is 0 Å². The van der Waals surface area contributed by atoms with Gasteiger partial charge in [0.15, 0.2) is 0 Å². The van der Waals surface area contributed by atoms with Gasteiger partial charge in [-0.25, -0.2) is 0 Å². The van der Waals surface area contributed by atoms with Gasteiger partial charge in [0, 0.05) is 6.54 Å². The van der Waals surface area contributed by atoms with Crippen molar-refractivity contribution in [1.29, 1.82) is 0 Å². The third-order valence-electron chi connectivity index (χ3n) is 5.08. The largest absolute Gasteiger partial charge is 0.394 e. The summed E-state index contributed by atoms with van der Waals surface area (Å²) in [5, 5.41) is 9.74. The summed E-state index contributed by atoms with van der Waals surface area (Å²) in [6.07, 6.45) is 3.39. The van der Waals surface area contributed by atoms with Crippen LogP contribution < -0.4 is 5.73 Å². The molecule has 1 heterocycles. The first-order valence-electron chi connectivity index (χ1n) is 8.23. The molecule has 1 saturated heterocycles. The first-order valence-corrected chi connectivity index (χ1v) is 8.23. The van der Waals surface area contributed by atoms with E-state index < -0.39 is 5.54 Å². The molecule has 3 N–H and O–H groups in total. The maximum Gasteiger partial charge on any atom is 0.0656 e. The van der Waals surface area contributed by atoms with Crippen molar-refractivity contribution in [2.75, 3.05) is 26.2 Å². The SMILES string of the molecule is CC(C)C1CCN(CCC(N)(CO)c2ccccc2)CC1. The summed E-state index contributed by atoms with van der Waals surface area (Å²) in [5.74, 6) is 1.67. The van der Waals surface area contributed by atoms with Crippen LogP contribution in [-0.4, -0.2) is 36.2 Å². The molecule has 1 aromatic carbocycles. The lowest BCUT2D eigenvalue weighted by molar-refractivity contribution is 0.127. The molecule has 1 aliphatic rings. The van der Waals surface area contributed by atoms with E-state index in [1.165, 1.54) is 25.9 Å². The summed E-state index contributed by atoms with van der Waals surface area (Å²) in [4.78, 5) is 2.50. The zero-order valence-electron chi connectivity index (χ0n) is 13.5. The van der Waals surface area contributed by atoms with Crippen LogP contribution in [0.25, 0.3) is 0 Å². The van der Waals surface area contributed by atoms with Crippen molar-refractivity contribution in [1.82, 2.24) is 4.90 Å². The van der Waals surface area contributed by atoms with Crippen molar-refractivity contribution in [3.8, 4) is 0 Å². The predicted octanol–water partition coefficient (Wildman–Crippen LogP) is 2.59. The van der Waals surface area contributed by atoms with E-state index in [-0.39, 0.29) is 6.61 Å². The molecular weight excluding hydrogens is 260 g/mol. The molecule has 1 unspecified atom stereocenters. The molecule has 3 nitrogen and oxygen atoms in total. The van der Waals surface area contributed by atoms with Crippen LogP contribution in [0.1, 0.15) is 38.7 Å². The summed E-state index contributed by atoms with van der Waals surface area (Å²) in [6.45, 7) is 7.95. The van der Waals surface area contributed by atoms with Gasteiger partial charge in [0.25, 0.3) is 0 Å². The lowest BCUT2D eigenvalue weighted by Gasteiger charge is -2.36. The smallest absolute Gasteiger partial charge is 0.0656 e. The minimum absolute atomic E-state index is 0.000523. The van der Waals surface area contributed by atoms with Crippen molar-refractivity contribution >= 4 is 0 Å². The molecule has 0 aliphatic carbocycles. The monoisotopic (exact) mass is 290 g/mol. The van der Waals surface area contributed by atoms with Gasteiger partial charge in [-0.3, -0.25) is 0 Å². The van der Waals surface area contributed by atoms with Gasteiger partial charge in [0.2, 0.25) is 0 Å². The Balaban J connectivity index is 1.87. The van der Waals surface area contributed by atoms with Crippen molar-refractivity contribution in [2.45, 2.75) is 38.6 Å². The van der Waals surface area contributed by atoms with E-state index in [1.807, 2.05) is 30.3 Å². The summed E-state index contributed by atoms with van der Waals surface area (Å²) < 4.78 is 0. The highest BCUT2D eigenvalue weighted by molar-refractivity contribution is 5.24. The number of piperidine rings is 1. The number of benzene rings is 1. The number of nitrogens with zero attached hydrogens (tertiary/aromatic N) is 1. The number of hydrogen-bond donors (Lipinski definition) is 2. The van der Waals surface area contributed by atoms with Crippen LogP contribution in [0.15, 0.2) is 30.3 Å². The van der Waals surface area contributed by atoms with Gasteiger partial charge in [-0.2, -0.15) is 0 Å². The Kier molecular flexibility index (Phi) is 5.80. The van der Waals surface area contributed by atoms with Gasteiger partial charge in [-0.05, 0) is 49.8 Å². The standard InChI is InChI=1S/C18H30N2O/c1-15(2)16-8-11-20(12-9-16)13-10-18(19,14-21)17-6-4-3-5-7-17/h3-7,15-16,21H,8-14,19H2,1-2H3. The summed E-state index contributed by atoms with van der Waals surface area (Å²) in [5.41, 5.74) is 6.85. The average molecular weight is 290 g/mol. The van der Waals surface area contributed by atoms with E-state index in [4.69, 9.17) is 5.73 Å². The Morgan fingerprint density at radius 2 is 1.86 bits per heavy atom. The minimum Gasteiger partial charge on any atom is -0.394 e. The molecule has 118 valence electrons. The van der Waals surface area contributed by atoms with Gasteiger partial charge < -0.3 is 15.7 Å². The van der Waals surface area contributed by atoms with E-state index >= 15 is 0 Å². The maximum absolute atomic E-state index is 9.74. The highest BCUT2D eigenvalue weighted by Crippen LogP contribution is 2.26. The van der Waals surface area contributed by atoms with Crippen LogP contribution in [0.4, 0.5) is 0 Å². The Morgan fingerprint density at radius 1 is 1.24 bits per heavy atom. The molecule has 0 aromatic heterocycles. The van der Waals surface area contributed by atoms with Gasteiger partial charge in [0.1, 0.15) is 0 Å². The fourth-order valence-corrected chi connectivity index (χ4v) is 3.29. The lowest BCUT2D eigenvalue weighted by atomic mass is 9.85. The van der Waals surface area contributed by atoms with Gasteiger partial charge in [-0.1, -0.05) is 44.2 Å². The Morgan fingerprint density at radius 3 is 2.38 bits per heavy atom. The number of hydrogen-bond acceptors (Lipinski definition) is 3. The van der Waals surface area contributed by atoms with Crippen molar-refractivity contribution in [3.05, 3.63) is 35.9 Å². The molecular formula is C18H30N2O. The number of aliphatic hydroxyl groups is 1. The number of rotatable bonds is 6. The maximum atomic E-state index is 9.74. The number of nitrogens with two attached hydrogens (primary N) is 1. The van der Waals surface area contributed by atoms with Crippen LogP contribution in [-0.2, 0) is 5.54 Å². The third-order valence-corrected chi connectivity index (χ3v) is 5.08. The van der Waals surface area contributed by atoms with E-state index in [0.717, 1.165) is 30.4 Å². The summed E-state index contributed by atoms with van der Waals surface area (Å²) >= 11 is 0. The van der Waals surface area contributed by atoms with E-state index in [2.05, 4.69) is 18.7 Å². The molecule has 0 radical (unpaired) electrons. The predicted molar refractivity (Wildman–Crippen MR) is 88.0 cm³/mol. The van der Waals surface area contributed by atoms with Crippen LogP contribution >= 0.6 is 0 Å². The Bertz CT molecular complexity index is 412. The lowest BCUT2D eigenvalue weighted by Crippen LogP contribution is -2.45. The quantitative estimate of drug-likeness (QED) is 0.846. The molecule has 1 atom stereocenters. The van der Waals surface area contributed by atoms with E-state index in [9.17, 15) is 5.11 Å². The Hall–Kier alpha value is -0.900. The molecule has 21 heavy (non-hydrogen) atoms. The summed E-state index contributed by atoms with van der Waals surface area (Å²) in [6, 6.07) is 9.99. The molecule has 1 aliphatic heterocycles. The number of likely N-dealkylation sites (tertiary alicyclic amines) is 1. The molecule has 1 fully saturated rings. The molecule has 0 amide bonds. The molecule has 0 saturated carbocycles. The van der Waals surface area contributed by atoms with Crippen molar-refractivity contribution in [2.24, 2.45) is 17.6 Å². The van der Waals surface area contributed by atoms with Crippen molar-refractivity contribution in [3.63, 3.8) is 0 Å². The third kappa shape index (κ3) is 4.29. The second-order valence-electron chi connectivity index (χ2n) is 6.85. The van der Waals surface area contributed by atoms with Gasteiger partial charge in [0.05, 0.1) is 12.1 Å². The minimum atomic E-state index is -0.615. The van der Waals surface area contributed by atoms with Crippen LogP contribution in [0.2, 0.25) is 0 Å². The molecule has 1 aromatic rings. The number of aliphatic hydroxyl groups excluding tert-OH is 1. The fourth-order valence-electron chi connectivity index (χ4n) is 3.29. The molecule has 2 rings (SSSR count). The first kappa shape index (κ1) is 16.5. The zero-order valence-corrected chi connectivity index (χ0v) is 13.5. The van der Waals surface area contributed by atoms with Crippen molar-refractivity contribution < 1.29 is 5.11 Å². The fraction of sp³-hybridized carbons (Fsp3) is 0.667. The van der Waals surface area contributed by atoms with Gasteiger partial charge in [-0.15, -0.1) is 0 Å². The molecule has 0 bridgehead atoms. The van der Waals surface area contributed by atoms with Gasteiger partial charge >= 0.3 is 0 Å². The topological polar surface area (TPSA) is 49.5 Å². The highest BCUT2D eigenvalue weighted by Gasteiger charge is 2.28. The van der Waals surface area contributed by atoms with E-state index in [1.54, 1.807) is 0 Å².